The summed E-state index contributed by atoms with van der Waals surface area (Å²) in [5.41, 5.74) is -0.555. The van der Waals surface area contributed by atoms with Crippen LogP contribution in [0.3, 0.4) is 0 Å². The third-order valence-electron chi connectivity index (χ3n) is 4.99. The fourth-order valence-corrected chi connectivity index (χ4v) is 3.56. The molecule has 1 aromatic heterocycles. The van der Waals surface area contributed by atoms with Crippen molar-refractivity contribution >= 4 is 17.6 Å². The molecule has 1 saturated heterocycles. The van der Waals surface area contributed by atoms with Gasteiger partial charge in [0.2, 0.25) is 5.82 Å². The van der Waals surface area contributed by atoms with Crippen LogP contribution in [0.2, 0.25) is 0 Å². The summed E-state index contributed by atoms with van der Waals surface area (Å²) in [6.07, 6.45) is 3.85. The molecule has 0 bridgehead atoms. The predicted octanol–water partition coefficient (Wildman–Crippen LogP) is 2.63. The molecule has 10 nitrogen and oxygen atoms in total. The molecular weight excluding hydrogens is 366 g/mol. The molecule has 1 aliphatic heterocycles. The zero-order valence-corrected chi connectivity index (χ0v) is 16.9. The Morgan fingerprint density at radius 1 is 1.29 bits per heavy atom. The van der Waals surface area contributed by atoms with Gasteiger partial charge < -0.3 is 19.7 Å². The number of amides is 1. The first-order valence-corrected chi connectivity index (χ1v) is 9.68. The standard InChI is InChI=1S/C18H29N5O5/c1-18(2,3)28-17(24)20-13-7-9-21(10-8-15(13)27-4)16-14(23(25)26)11-19-22(16)12-5-6-12/h11-13,15H,5-10H2,1-4H3,(H,20,24)/t13-,15-/m0/s1. The number of ether oxygens (including phenoxy) is 2. The number of nitrogens with one attached hydrogen (secondary N) is 1. The molecule has 1 amide bonds. The fourth-order valence-electron chi connectivity index (χ4n) is 3.56. The number of aromatic nitrogens is 2. The molecule has 2 aliphatic rings. The summed E-state index contributed by atoms with van der Waals surface area (Å²) in [7, 11) is 1.61. The summed E-state index contributed by atoms with van der Waals surface area (Å²) in [5, 5.41) is 18.7. The highest BCUT2D eigenvalue weighted by Crippen LogP contribution is 2.41. The van der Waals surface area contributed by atoms with Crippen molar-refractivity contribution in [3.63, 3.8) is 0 Å². The molecule has 0 spiro atoms. The highest BCUT2D eigenvalue weighted by atomic mass is 16.6. The van der Waals surface area contributed by atoms with E-state index in [0.717, 1.165) is 12.8 Å². The molecule has 2 fully saturated rings. The van der Waals surface area contributed by atoms with Gasteiger partial charge in [-0.25, -0.2) is 9.48 Å². The molecule has 0 unspecified atom stereocenters. The van der Waals surface area contributed by atoms with Gasteiger partial charge in [0.05, 0.1) is 23.1 Å². The monoisotopic (exact) mass is 395 g/mol. The molecule has 28 heavy (non-hydrogen) atoms. The van der Waals surface area contributed by atoms with Crippen molar-refractivity contribution in [3.05, 3.63) is 16.3 Å². The Balaban J connectivity index is 1.75. The van der Waals surface area contributed by atoms with Crippen LogP contribution in [0.5, 0.6) is 0 Å². The normalized spacial score (nSPS) is 23.2. The van der Waals surface area contributed by atoms with Crippen molar-refractivity contribution in [2.75, 3.05) is 25.1 Å². The molecule has 2 heterocycles. The van der Waals surface area contributed by atoms with Gasteiger partial charge in [0.15, 0.2) is 0 Å². The smallest absolute Gasteiger partial charge is 0.407 e. The van der Waals surface area contributed by atoms with Crippen LogP contribution in [-0.4, -0.2) is 58.7 Å². The second-order valence-corrected chi connectivity index (χ2v) is 8.38. The molecule has 0 aromatic carbocycles. The highest BCUT2D eigenvalue weighted by molar-refractivity contribution is 5.68. The molecular formula is C18H29N5O5. The summed E-state index contributed by atoms with van der Waals surface area (Å²) in [5.74, 6) is 0.556. The highest BCUT2D eigenvalue weighted by Gasteiger charge is 2.37. The van der Waals surface area contributed by atoms with Crippen LogP contribution in [0.25, 0.3) is 0 Å². The topological polar surface area (TPSA) is 112 Å². The van der Waals surface area contributed by atoms with Gasteiger partial charge in [-0.3, -0.25) is 10.1 Å². The van der Waals surface area contributed by atoms with E-state index in [9.17, 15) is 14.9 Å². The van der Waals surface area contributed by atoms with Gasteiger partial charge in [0, 0.05) is 20.2 Å². The SMILES string of the molecule is CO[C@H]1CCN(c2c([N+](=O)[O-])cnn2C2CC2)CC[C@@H]1NC(=O)OC(C)(C)C. The molecule has 1 N–H and O–H groups in total. The number of hydrogen-bond donors (Lipinski definition) is 1. The van der Waals surface area contributed by atoms with Crippen LogP contribution in [-0.2, 0) is 9.47 Å². The van der Waals surface area contributed by atoms with E-state index in [-0.39, 0.29) is 28.8 Å². The first-order valence-electron chi connectivity index (χ1n) is 9.68. The number of nitrogens with zero attached hydrogens (tertiary/aromatic N) is 4. The van der Waals surface area contributed by atoms with Crippen molar-refractivity contribution in [1.29, 1.82) is 0 Å². The zero-order valence-electron chi connectivity index (χ0n) is 16.9. The van der Waals surface area contributed by atoms with Gasteiger partial charge in [0.25, 0.3) is 0 Å². The van der Waals surface area contributed by atoms with Crippen molar-refractivity contribution in [1.82, 2.24) is 15.1 Å². The van der Waals surface area contributed by atoms with Crippen LogP contribution >= 0.6 is 0 Å². The molecule has 2 atom stereocenters. The molecule has 1 aliphatic carbocycles. The van der Waals surface area contributed by atoms with Gasteiger partial charge >= 0.3 is 11.8 Å². The third kappa shape index (κ3) is 4.73. The summed E-state index contributed by atoms with van der Waals surface area (Å²) >= 11 is 0. The third-order valence-corrected chi connectivity index (χ3v) is 4.99. The van der Waals surface area contributed by atoms with E-state index in [0.29, 0.717) is 31.7 Å². The van der Waals surface area contributed by atoms with E-state index < -0.39 is 11.7 Å². The minimum atomic E-state index is -0.583. The Morgan fingerprint density at radius 3 is 2.54 bits per heavy atom. The fraction of sp³-hybridized carbons (Fsp3) is 0.778. The lowest BCUT2D eigenvalue weighted by Crippen LogP contribution is -2.46. The summed E-state index contributed by atoms with van der Waals surface area (Å²) < 4.78 is 12.7. The predicted molar refractivity (Wildman–Crippen MR) is 103 cm³/mol. The van der Waals surface area contributed by atoms with E-state index in [1.165, 1.54) is 6.20 Å². The molecule has 3 rings (SSSR count). The van der Waals surface area contributed by atoms with Crippen molar-refractivity contribution in [2.45, 2.75) is 70.2 Å². The van der Waals surface area contributed by atoms with Crippen molar-refractivity contribution < 1.29 is 19.2 Å². The van der Waals surface area contributed by atoms with E-state index in [1.54, 1.807) is 11.8 Å². The van der Waals surface area contributed by atoms with Gasteiger partial charge in [0.1, 0.15) is 11.8 Å². The van der Waals surface area contributed by atoms with Gasteiger partial charge in [-0.05, 0) is 46.5 Å². The Kier molecular flexibility index (Phi) is 5.78. The molecule has 0 radical (unpaired) electrons. The Morgan fingerprint density at radius 2 is 1.96 bits per heavy atom. The maximum atomic E-state index is 12.2. The number of hydrogen-bond acceptors (Lipinski definition) is 7. The average molecular weight is 395 g/mol. The average Bonchev–Trinajstić information content (AvgIpc) is 3.36. The van der Waals surface area contributed by atoms with Crippen LogP contribution in [0.1, 0.15) is 52.5 Å². The largest absolute Gasteiger partial charge is 0.444 e. The summed E-state index contributed by atoms with van der Waals surface area (Å²) in [6.45, 7) is 6.58. The van der Waals surface area contributed by atoms with Crippen molar-refractivity contribution in [2.24, 2.45) is 0 Å². The number of methoxy groups -OCH3 is 1. The Bertz CT molecular complexity index is 724. The lowest BCUT2D eigenvalue weighted by molar-refractivity contribution is -0.384. The van der Waals surface area contributed by atoms with Crippen LogP contribution in [0, 0.1) is 10.1 Å². The van der Waals surface area contributed by atoms with E-state index in [4.69, 9.17) is 9.47 Å². The van der Waals surface area contributed by atoms with E-state index >= 15 is 0 Å². The minimum Gasteiger partial charge on any atom is -0.444 e. The number of carbonyl (C=O) groups excluding carboxylic acids is 1. The second-order valence-electron chi connectivity index (χ2n) is 8.38. The van der Waals surface area contributed by atoms with Crippen LogP contribution in [0.4, 0.5) is 16.3 Å². The first-order chi connectivity index (χ1) is 13.2. The molecule has 1 aromatic rings. The van der Waals surface area contributed by atoms with Crippen LogP contribution in [0.15, 0.2) is 6.20 Å². The summed E-state index contributed by atoms with van der Waals surface area (Å²) in [6, 6.07) is 0.00191. The van der Waals surface area contributed by atoms with Crippen molar-refractivity contribution in [3.8, 4) is 0 Å². The Hall–Kier alpha value is -2.36. The number of alkyl carbamates (subject to hydrolysis) is 1. The molecule has 156 valence electrons. The summed E-state index contributed by atoms with van der Waals surface area (Å²) in [4.78, 5) is 25.3. The van der Waals surface area contributed by atoms with Gasteiger partial charge in [-0.1, -0.05) is 0 Å². The van der Waals surface area contributed by atoms with Crippen LogP contribution < -0.4 is 10.2 Å². The lowest BCUT2D eigenvalue weighted by atomic mass is 10.1. The quantitative estimate of drug-likeness (QED) is 0.602. The van der Waals surface area contributed by atoms with Gasteiger partial charge in [-0.15, -0.1) is 0 Å². The lowest BCUT2D eigenvalue weighted by Gasteiger charge is -2.26. The van der Waals surface area contributed by atoms with E-state index in [2.05, 4.69) is 10.4 Å². The maximum Gasteiger partial charge on any atom is 0.407 e. The maximum absolute atomic E-state index is 12.2. The second kappa shape index (κ2) is 7.94. The number of carbonyl (C=O) groups is 1. The molecule has 1 saturated carbocycles. The minimum absolute atomic E-state index is 0.0272. The molecule has 10 heteroatoms. The number of nitro groups is 1. The number of rotatable bonds is 5. The Labute approximate surface area is 164 Å². The van der Waals surface area contributed by atoms with Gasteiger partial charge in [-0.2, -0.15) is 5.10 Å². The number of anilines is 1. The first kappa shape index (κ1) is 20.4. The van der Waals surface area contributed by atoms with E-state index in [1.807, 2.05) is 25.7 Å². The zero-order chi connectivity index (χ0) is 20.5.